The third-order valence-electron chi connectivity index (χ3n) is 1.23. The summed E-state index contributed by atoms with van der Waals surface area (Å²) in [6, 6.07) is 2.85. The summed E-state index contributed by atoms with van der Waals surface area (Å²) in [5.41, 5.74) is -0.123. The second kappa shape index (κ2) is 3.59. The maximum absolute atomic E-state index is 12.2. The molecule has 1 aromatic heterocycles. The third kappa shape index (κ3) is 1.77. The van der Waals surface area contributed by atoms with E-state index in [0.29, 0.717) is 0 Å². The van der Waals surface area contributed by atoms with Crippen molar-refractivity contribution in [2.45, 2.75) is 6.43 Å². The summed E-state index contributed by atoms with van der Waals surface area (Å²) < 4.78 is 24.4. The molecule has 62 valence electrons. The molecule has 0 spiro atoms. The number of aromatic nitrogens is 1. The van der Waals surface area contributed by atoms with E-state index in [0.717, 1.165) is 6.07 Å². The van der Waals surface area contributed by atoms with E-state index in [-0.39, 0.29) is 15.7 Å². The predicted octanol–water partition coefficient (Wildman–Crippen LogP) is 2.65. The van der Waals surface area contributed by atoms with Crippen LogP contribution in [0.2, 0.25) is 0 Å². The first-order valence-corrected chi connectivity index (χ1v) is 3.78. The molecule has 1 aromatic rings. The Bertz CT molecular complexity index is 333. The molecule has 0 radical (unpaired) electrons. The zero-order chi connectivity index (χ0) is 9.14. The second-order valence-corrected chi connectivity index (χ2v) is 2.77. The SMILES string of the molecule is N#Cc1cnc(Br)c(C(F)F)c1. The van der Waals surface area contributed by atoms with Crippen molar-refractivity contribution < 1.29 is 8.78 Å². The molecule has 0 saturated heterocycles. The van der Waals surface area contributed by atoms with Crippen molar-refractivity contribution in [3.05, 3.63) is 28.0 Å². The minimum absolute atomic E-state index is 0.0801. The molecule has 0 bridgehead atoms. The summed E-state index contributed by atoms with van der Waals surface area (Å²) in [6.07, 6.45) is -1.38. The second-order valence-electron chi connectivity index (χ2n) is 2.02. The van der Waals surface area contributed by atoms with Crippen LogP contribution in [0.5, 0.6) is 0 Å². The van der Waals surface area contributed by atoms with Gasteiger partial charge in [0.2, 0.25) is 0 Å². The fourth-order valence-corrected chi connectivity index (χ4v) is 1.07. The minimum Gasteiger partial charge on any atom is -0.247 e. The summed E-state index contributed by atoms with van der Waals surface area (Å²) in [7, 11) is 0. The molecule has 0 aromatic carbocycles. The van der Waals surface area contributed by atoms with E-state index in [4.69, 9.17) is 5.26 Å². The molecular formula is C7H3BrF2N2. The van der Waals surface area contributed by atoms with Crippen LogP contribution in [0.4, 0.5) is 8.78 Å². The topological polar surface area (TPSA) is 36.7 Å². The molecule has 0 unspecified atom stereocenters. The molecule has 1 rings (SSSR count). The molecule has 12 heavy (non-hydrogen) atoms. The predicted molar refractivity (Wildman–Crippen MR) is 41.6 cm³/mol. The van der Waals surface area contributed by atoms with Crippen molar-refractivity contribution in [3.8, 4) is 6.07 Å². The van der Waals surface area contributed by atoms with E-state index < -0.39 is 6.43 Å². The lowest BCUT2D eigenvalue weighted by atomic mass is 10.2. The molecule has 2 nitrogen and oxygen atoms in total. The molecular weight excluding hydrogens is 230 g/mol. The minimum atomic E-state index is -2.61. The molecule has 0 N–H and O–H groups in total. The van der Waals surface area contributed by atoms with Crippen LogP contribution in [-0.4, -0.2) is 4.98 Å². The molecule has 0 aliphatic rings. The van der Waals surface area contributed by atoms with Gasteiger partial charge in [0.25, 0.3) is 6.43 Å². The summed E-state index contributed by atoms with van der Waals surface area (Å²) >= 11 is 2.86. The van der Waals surface area contributed by atoms with Crippen LogP contribution in [0, 0.1) is 11.3 Å². The van der Waals surface area contributed by atoms with E-state index >= 15 is 0 Å². The number of nitriles is 1. The molecule has 0 aliphatic carbocycles. The number of halogens is 3. The number of hydrogen-bond acceptors (Lipinski definition) is 2. The highest BCUT2D eigenvalue weighted by atomic mass is 79.9. The van der Waals surface area contributed by atoms with Crippen molar-refractivity contribution in [2.75, 3.05) is 0 Å². The largest absolute Gasteiger partial charge is 0.266 e. The van der Waals surface area contributed by atoms with Crippen molar-refractivity contribution in [1.29, 1.82) is 5.26 Å². The van der Waals surface area contributed by atoms with Crippen molar-refractivity contribution in [1.82, 2.24) is 4.98 Å². The van der Waals surface area contributed by atoms with Crippen LogP contribution in [0.25, 0.3) is 0 Å². The number of hydrogen-bond donors (Lipinski definition) is 0. The Morgan fingerprint density at radius 3 is 2.75 bits per heavy atom. The zero-order valence-corrected chi connectivity index (χ0v) is 7.35. The van der Waals surface area contributed by atoms with Crippen LogP contribution in [-0.2, 0) is 0 Å². The van der Waals surface area contributed by atoms with Crippen LogP contribution in [0.15, 0.2) is 16.9 Å². The number of nitrogens with zero attached hydrogens (tertiary/aromatic N) is 2. The van der Waals surface area contributed by atoms with Crippen LogP contribution >= 0.6 is 15.9 Å². The molecule has 5 heteroatoms. The van der Waals surface area contributed by atoms with E-state index in [1.807, 2.05) is 0 Å². The van der Waals surface area contributed by atoms with Gasteiger partial charge >= 0.3 is 0 Å². The van der Waals surface area contributed by atoms with Crippen LogP contribution in [0.3, 0.4) is 0 Å². The lowest BCUT2D eigenvalue weighted by Gasteiger charge is -2.00. The van der Waals surface area contributed by atoms with Crippen LogP contribution < -0.4 is 0 Å². The average Bonchev–Trinajstić information content (AvgIpc) is 2.05. The maximum Gasteiger partial charge on any atom is 0.266 e. The normalized spacial score (nSPS) is 9.92. The quantitative estimate of drug-likeness (QED) is 0.699. The van der Waals surface area contributed by atoms with E-state index in [1.165, 1.54) is 6.20 Å². The zero-order valence-electron chi connectivity index (χ0n) is 5.76. The maximum atomic E-state index is 12.2. The highest BCUT2D eigenvalue weighted by Crippen LogP contribution is 2.25. The van der Waals surface area contributed by atoms with Gasteiger partial charge < -0.3 is 0 Å². The Labute approximate surface area is 76.0 Å². The average molecular weight is 233 g/mol. The number of rotatable bonds is 1. The van der Waals surface area contributed by atoms with Gasteiger partial charge in [0.05, 0.1) is 11.1 Å². The molecule has 0 atom stereocenters. The van der Waals surface area contributed by atoms with Gasteiger partial charge in [-0.2, -0.15) is 5.26 Å². The van der Waals surface area contributed by atoms with Crippen molar-refractivity contribution >= 4 is 15.9 Å². The van der Waals surface area contributed by atoms with Gasteiger partial charge in [-0.3, -0.25) is 0 Å². The fourth-order valence-electron chi connectivity index (χ4n) is 0.679. The molecule has 0 amide bonds. The smallest absolute Gasteiger partial charge is 0.247 e. The first kappa shape index (κ1) is 9.07. The monoisotopic (exact) mass is 232 g/mol. The standard InChI is InChI=1S/C7H3BrF2N2/c8-6-5(7(9)10)1-4(2-11)3-12-6/h1,3,7H. The van der Waals surface area contributed by atoms with Gasteiger partial charge in [-0.25, -0.2) is 13.8 Å². The van der Waals surface area contributed by atoms with Crippen molar-refractivity contribution in [3.63, 3.8) is 0 Å². The van der Waals surface area contributed by atoms with Gasteiger partial charge in [0.15, 0.2) is 0 Å². The Morgan fingerprint density at radius 2 is 2.25 bits per heavy atom. The van der Waals surface area contributed by atoms with E-state index in [2.05, 4.69) is 20.9 Å². The molecule has 1 heterocycles. The summed E-state index contributed by atoms with van der Waals surface area (Å²) in [5.74, 6) is 0. The Balaban J connectivity index is 3.19. The molecule has 0 fully saturated rings. The van der Waals surface area contributed by atoms with E-state index in [1.54, 1.807) is 6.07 Å². The summed E-state index contributed by atoms with van der Waals surface area (Å²) in [5, 5.41) is 8.38. The lowest BCUT2D eigenvalue weighted by Crippen LogP contribution is -1.90. The Morgan fingerprint density at radius 1 is 1.58 bits per heavy atom. The van der Waals surface area contributed by atoms with Gasteiger partial charge in [0.1, 0.15) is 10.7 Å². The van der Waals surface area contributed by atoms with Gasteiger partial charge in [0, 0.05) is 6.20 Å². The number of alkyl halides is 2. The Kier molecular flexibility index (Phi) is 2.71. The molecule has 0 aliphatic heterocycles. The first-order chi connectivity index (χ1) is 5.65. The number of pyridine rings is 1. The summed E-state index contributed by atoms with van der Waals surface area (Å²) in [6.45, 7) is 0. The highest BCUT2D eigenvalue weighted by Gasteiger charge is 2.12. The fraction of sp³-hybridized carbons (Fsp3) is 0.143. The Hall–Kier alpha value is -1.02. The van der Waals surface area contributed by atoms with Gasteiger partial charge in [-0.05, 0) is 22.0 Å². The first-order valence-electron chi connectivity index (χ1n) is 2.99. The third-order valence-corrected chi connectivity index (χ3v) is 1.89. The lowest BCUT2D eigenvalue weighted by molar-refractivity contribution is 0.150. The van der Waals surface area contributed by atoms with Crippen LogP contribution in [0.1, 0.15) is 17.6 Å². The highest BCUT2D eigenvalue weighted by molar-refractivity contribution is 9.10. The summed E-state index contributed by atoms with van der Waals surface area (Å²) in [4.78, 5) is 3.59. The molecule has 0 saturated carbocycles. The van der Waals surface area contributed by atoms with Gasteiger partial charge in [-0.15, -0.1) is 0 Å². The van der Waals surface area contributed by atoms with Gasteiger partial charge in [-0.1, -0.05) is 0 Å². The van der Waals surface area contributed by atoms with E-state index in [9.17, 15) is 8.78 Å². The van der Waals surface area contributed by atoms with Crippen molar-refractivity contribution in [2.24, 2.45) is 0 Å².